The third-order valence-corrected chi connectivity index (χ3v) is 3.61. The minimum absolute atomic E-state index is 0.0523. The number of benzene rings is 1. The van der Waals surface area contributed by atoms with E-state index in [1.54, 1.807) is 12.1 Å². The second-order valence-corrected chi connectivity index (χ2v) is 4.73. The summed E-state index contributed by atoms with van der Waals surface area (Å²) in [6.07, 6.45) is 5.02. The summed E-state index contributed by atoms with van der Waals surface area (Å²) in [7, 11) is 0. The molecule has 0 saturated carbocycles. The van der Waals surface area contributed by atoms with Gasteiger partial charge in [0.15, 0.2) is 11.5 Å². The number of pyridine rings is 1. The molecule has 0 fully saturated rings. The monoisotopic (exact) mass is 241 g/mol. The molecule has 0 saturated heterocycles. The van der Waals surface area contributed by atoms with Crippen LogP contribution >= 0.6 is 0 Å². The number of rotatable bonds is 1. The van der Waals surface area contributed by atoms with Crippen LogP contribution in [0.5, 0.6) is 11.5 Å². The quantitative estimate of drug-likeness (QED) is 0.755. The maximum atomic E-state index is 9.61. The van der Waals surface area contributed by atoms with E-state index in [0.717, 1.165) is 30.5 Å². The molecule has 92 valence electrons. The average Bonchev–Trinajstić information content (AvgIpc) is 2.41. The van der Waals surface area contributed by atoms with Crippen molar-refractivity contribution in [3.8, 4) is 11.5 Å². The molecule has 1 atom stereocenters. The van der Waals surface area contributed by atoms with Gasteiger partial charge in [0.1, 0.15) is 0 Å². The highest BCUT2D eigenvalue weighted by molar-refractivity contribution is 5.45. The van der Waals surface area contributed by atoms with Crippen molar-refractivity contribution >= 4 is 0 Å². The molecule has 1 aliphatic rings. The van der Waals surface area contributed by atoms with Crippen molar-refractivity contribution < 1.29 is 10.2 Å². The van der Waals surface area contributed by atoms with Gasteiger partial charge in [-0.1, -0.05) is 12.1 Å². The summed E-state index contributed by atoms with van der Waals surface area (Å²) < 4.78 is 0. The zero-order valence-corrected chi connectivity index (χ0v) is 10.0. The Morgan fingerprint density at radius 3 is 2.83 bits per heavy atom. The molecule has 0 bridgehead atoms. The topological polar surface area (TPSA) is 53.4 Å². The Hall–Kier alpha value is -2.03. The van der Waals surface area contributed by atoms with Crippen molar-refractivity contribution in [3.05, 3.63) is 53.3 Å². The number of aryl methyl sites for hydroxylation is 1. The Morgan fingerprint density at radius 1 is 1.11 bits per heavy atom. The summed E-state index contributed by atoms with van der Waals surface area (Å²) in [6.45, 7) is 0. The summed E-state index contributed by atoms with van der Waals surface area (Å²) in [5.41, 5.74) is 3.44. The maximum absolute atomic E-state index is 9.61. The lowest BCUT2D eigenvalue weighted by Crippen LogP contribution is -2.12. The number of phenolic OH excluding ortho intramolecular Hbond substituents is 2. The van der Waals surface area contributed by atoms with E-state index in [2.05, 4.69) is 11.1 Å². The molecule has 1 unspecified atom stereocenters. The summed E-state index contributed by atoms with van der Waals surface area (Å²) in [6, 6.07) is 9.15. The van der Waals surface area contributed by atoms with Crippen LogP contribution in [0.3, 0.4) is 0 Å². The standard InChI is InChI=1S/C15H15NO2/c17-14-7-6-10(9-15(14)18)11-3-1-5-13-12(11)4-2-8-16-13/h2,4,6-9,11,17-18H,1,3,5H2. The Balaban J connectivity index is 2.05. The van der Waals surface area contributed by atoms with Gasteiger partial charge in [-0.25, -0.2) is 0 Å². The minimum atomic E-state index is -0.0685. The third-order valence-electron chi connectivity index (χ3n) is 3.61. The van der Waals surface area contributed by atoms with Gasteiger partial charge in [-0.3, -0.25) is 4.98 Å². The fraction of sp³-hybridized carbons (Fsp3) is 0.267. The molecule has 0 spiro atoms. The van der Waals surface area contributed by atoms with Gasteiger partial charge in [0.2, 0.25) is 0 Å². The van der Waals surface area contributed by atoms with E-state index in [4.69, 9.17) is 0 Å². The molecule has 1 heterocycles. The second kappa shape index (κ2) is 4.33. The molecule has 0 radical (unpaired) electrons. The lowest BCUT2D eigenvalue weighted by Gasteiger charge is -2.25. The van der Waals surface area contributed by atoms with Gasteiger partial charge in [0, 0.05) is 17.8 Å². The lowest BCUT2D eigenvalue weighted by atomic mass is 9.81. The van der Waals surface area contributed by atoms with Gasteiger partial charge in [-0.05, 0) is 48.6 Å². The predicted octanol–water partition coefficient (Wildman–Crippen LogP) is 2.96. The molecule has 2 N–H and O–H groups in total. The Labute approximate surface area is 106 Å². The van der Waals surface area contributed by atoms with E-state index >= 15 is 0 Å². The van der Waals surface area contributed by atoms with Crippen LogP contribution in [0.2, 0.25) is 0 Å². The molecule has 3 rings (SSSR count). The number of aromatic hydroxyl groups is 2. The van der Waals surface area contributed by atoms with Crippen LogP contribution in [0.15, 0.2) is 36.5 Å². The first-order chi connectivity index (χ1) is 8.75. The summed E-state index contributed by atoms with van der Waals surface area (Å²) in [5, 5.41) is 19.0. The zero-order valence-electron chi connectivity index (χ0n) is 10.0. The van der Waals surface area contributed by atoms with Crippen LogP contribution in [0.4, 0.5) is 0 Å². The van der Waals surface area contributed by atoms with Gasteiger partial charge >= 0.3 is 0 Å². The van der Waals surface area contributed by atoms with Crippen molar-refractivity contribution in [3.63, 3.8) is 0 Å². The molecule has 18 heavy (non-hydrogen) atoms. The first-order valence-electron chi connectivity index (χ1n) is 6.21. The molecule has 1 aromatic heterocycles. The normalized spacial score (nSPS) is 18.3. The summed E-state index contributed by atoms with van der Waals surface area (Å²) in [4.78, 5) is 4.42. The molecule has 2 aromatic rings. The van der Waals surface area contributed by atoms with Crippen LogP contribution in [-0.4, -0.2) is 15.2 Å². The van der Waals surface area contributed by atoms with Gasteiger partial charge < -0.3 is 10.2 Å². The second-order valence-electron chi connectivity index (χ2n) is 4.73. The van der Waals surface area contributed by atoms with E-state index in [9.17, 15) is 10.2 Å². The number of nitrogens with zero attached hydrogens (tertiary/aromatic N) is 1. The number of phenols is 2. The fourth-order valence-corrected chi connectivity index (χ4v) is 2.71. The first kappa shape index (κ1) is 11.1. The van der Waals surface area contributed by atoms with Crippen molar-refractivity contribution in [1.82, 2.24) is 4.98 Å². The Bertz CT molecular complexity index is 580. The molecular formula is C15H15NO2. The van der Waals surface area contributed by atoms with Gasteiger partial charge in [0.05, 0.1) is 0 Å². The smallest absolute Gasteiger partial charge is 0.157 e. The SMILES string of the molecule is Oc1ccc(C2CCCc3ncccc32)cc1O. The lowest BCUT2D eigenvalue weighted by molar-refractivity contribution is 0.402. The van der Waals surface area contributed by atoms with Crippen molar-refractivity contribution in [2.45, 2.75) is 25.2 Å². The zero-order chi connectivity index (χ0) is 12.5. The maximum Gasteiger partial charge on any atom is 0.157 e. The van der Waals surface area contributed by atoms with Crippen LogP contribution in [-0.2, 0) is 6.42 Å². The Kier molecular flexibility index (Phi) is 2.67. The number of hydrogen-bond donors (Lipinski definition) is 2. The summed E-state index contributed by atoms with van der Waals surface area (Å²) in [5.74, 6) is 0.151. The van der Waals surface area contributed by atoms with Crippen molar-refractivity contribution in [2.75, 3.05) is 0 Å². The molecule has 0 amide bonds. The summed E-state index contributed by atoms with van der Waals surface area (Å²) >= 11 is 0. The molecule has 0 aliphatic heterocycles. The highest BCUT2D eigenvalue weighted by Gasteiger charge is 2.22. The molecular weight excluding hydrogens is 226 g/mol. The van der Waals surface area contributed by atoms with Crippen LogP contribution in [0.1, 0.15) is 35.6 Å². The molecule has 3 heteroatoms. The van der Waals surface area contributed by atoms with E-state index in [0.29, 0.717) is 0 Å². The van der Waals surface area contributed by atoms with E-state index in [1.165, 1.54) is 5.56 Å². The fourth-order valence-electron chi connectivity index (χ4n) is 2.71. The van der Waals surface area contributed by atoms with E-state index in [1.807, 2.05) is 18.3 Å². The predicted molar refractivity (Wildman–Crippen MR) is 68.8 cm³/mol. The van der Waals surface area contributed by atoms with Crippen LogP contribution < -0.4 is 0 Å². The van der Waals surface area contributed by atoms with Gasteiger partial charge in [0.25, 0.3) is 0 Å². The van der Waals surface area contributed by atoms with Crippen LogP contribution in [0.25, 0.3) is 0 Å². The molecule has 3 nitrogen and oxygen atoms in total. The van der Waals surface area contributed by atoms with Crippen molar-refractivity contribution in [2.24, 2.45) is 0 Å². The number of fused-ring (bicyclic) bond motifs is 1. The van der Waals surface area contributed by atoms with Crippen molar-refractivity contribution in [1.29, 1.82) is 0 Å². The third kappa shape index (κ3) is 1.82. The van der Waals surface area contributed by atoms with E-state index < -0.39 is 0 Å². The highest BCUT2D eigenvalue weighted by atomic mass is 16.3. The van der Waals surface area contributed by atoms with Gasteiger partial charge in [-0.2, -0.15) is 0 Å². The minimum Gasteiger partial charge on any atom is -0.504 e. The highest BCUT2D eigenvalue weighted by Crippen LogP contribution is 2.38. The van der Waals surface area contributed by atoms with Gasteiger partial charge in [-0.15, -0.1) is 0 Å². The van der Waals surface area contributed by atoms with E-state index in [-0.39, 0.29) is 17.4 Å². The average molecular weight is 241 g/mol. The number of hydrogen-bond acceptors (Lipinski definition) is 3. The largest absolute Gasteiger partial charge is 0.504 e. The number of aromatic nitrogens is 1. The molecule has 1 aromatic carbocycles. The Morgan fingerprint density at radius 2 is 2.00 bits per heavy atom. The molecule has 1 aliphatic carbocycles. The first-order valence-corrected chi connectivity index (χ1v) is 6.21. The van der Waals surface area contributed by atoms with Crippen LogP contribution in [0, 0.1) is 0 Å².